The molecule has 184 valence electrons. The van der Waals surface area contributed by atoms with Gasteiger partial charge in [0.2, 0.25) is 0 Å². The molecular weight excluding hydrogens is 456 g/mol. The van der Waals surface area contributed by atoms with E-state index in [2.05, 4.69) is 20.7 Å². The van der Waals surface area contributed by atoms with Gasteiger partial charge in [-0.25, -0.2) is 4.68 Å². The van der Waals surface area contributed by atoms with Crippen molar-refractivity contribution in [3.8, 4) is 5.69 Å². The van der Waals surface area contributed by atoms with Crippen LogP contribution in [0.4, 0.5) is 11.4 Å². The number of rotatable bonds is 9. The third-order valence-corrected chi connectivity index (χ3v) is 5.85. The minimum absolute atomic E-state index is 0.162. The average Bonchev–Trinajstić information content (AvgIpc) is 3.22. The molecule has 2 aromatic heterocycles. The standard InChI is InChI=1S/C27H28N6O3/c1-18-16-19(2)32(31-18)23-10-7-21(8-11-23)13-15-29-27(34)22-9-12-25(26(17-22)33(35)36)30-20(3)24-6-4-5-14-28-24/h4-12,14,16-17,20,30H,13,15H2,1-3H3,(H,29,34). The zero-order valence-electron chi connectivity index (χ0n) is 20.4. The Balaban J connectivity index is 1.37. The van der Waals surface area contributed by atoms with Crippen molar-refractivity contribution in [1.82, 2.24) is 20.1 Å². The number of anilines is 1. The molecule has 9 nitrogen and oxygen atoms in total. The number of hydrogen-bond donors (Lipinski definition) is 2. The summed E-state index contributed by atoms with van der Waals surface area (Å²) in [7, 11) is 0. The second kappa shape index (κ2) is 10.8. The molecule has 0 saturated carbocycles. The number of aromatic nitrogens is 3. The van der Waals surface area contributed by atoms with E-state index in [1.54, 1.807) is 18.3 Å². The molecule has 1 amide bonds. The summed E-state index contributed by atoms with van der Waals surface area (Å²) in [4.78, 5) is 28.1. The first-order valence-electron chi connectivity index (χ1n) is 11.7. The Hall–Kier alpha value is -4.53. The monoisotopic (exact) mass is 484 g/mol. The number of nitrogens with zero attached hydrogens (tertiary/aromatic N) is 4. The summed E-state index contributed by atoms with van der Waals surface area (Å²) < 4.78 is 1.89. The van der Waals surface area contributed by atoms with E-state index in [4.69, 9.17) is 0 Å². The van der Waals surface area contributed by atoms with Crippen molar-refractivity contribution in [2.75, 3.05) is 11.9 Å². The molecule has 2 N–H and O–H groups in total. The van der Waals surface area contributed by atoms with E-state index in [0.29, 0.717) is 18.7 Å². The lowest BCUT2D eigenvalue weighted by Gasteiger charge is -2.15. The molecule has 0 radical (unpaired) electrons. The SMILES string of the molecule is Cc1cc(C)n(-c2ccc(CCNC(=O)c3ccc(NC(C)c4ccccn4)c([N+](=O)[O-])c3)cc2)n1. The topological polar surface area (TPSA) is 115 Å². The highest BCUT2D eigenvalue weighted by Gasteiger charge is 2.19. The van der Waals surface area contributed by atoms with Crippen molar-refractivity contribution in [3.05, 3.63) is 111 Å². The molecule has 0 spiro atoms. The molecule has 2 heterocycles. The van der Waals surface area contributed by atoms with Crippen LogP contribution in [0.5, 0.6) is 0 Å². The van der Waals surface area contributed by atoms with E-state index in [9.17, 15) is 14.9 Å². The molecule has 4 aromatic rings. The zero-order chi connectivity index (χ0) is 25.7. The Morgan fingerprint density at radius 2 is 1.86 bits per heavy atom. The predicted octanol–water partition coefficient (Wildman–Crippen LogP) is 4.94. The Morgan fingerprint density at radius 3 is 2.50 bits per heavy atom. The van der Waals surface area contributed by atoms with Crippen molar-refractivity contribution < 1.29 is 9.72 Å². The maximum absolute atomic E-state index is 12.7. The maximum atomic E-state index is 12.7. The van der Waals surface area contributed by atoms with Crippen molar-refractivity contribution in [1.29, 1.82) is 0 Å². The number of benzene rings is 2. The molecule has 4 rings (SSSR count). The normalized spacial score (nSPS) is 11.6. The number of hydrogen-bond acceptors (Lipinski definition) is 6. The lowest BCUT2D eigenvalue weighted by Crippen LogP contribution is -2.25. The quantitative estimate of drug-likeness (QED) is 0.257. The average molecular weight is 485 g/mol. The van der Waals surface area contributed by atoms with E-state index in [1.807, 2.05) is 74.0 Å². The highest BCUT2D eigenvalue weighted by molar-refractivity contribution is 5.95. The van der Waals surface area contributed by atoms with E-state index in [-0.39, 0.29) is 23.2 Å². The van der Waals surface area contributed by atoms with Crippen LogP contribution in [-0.2, 0) is 6.42 Å². The van der Waals surface area contributed by atoms with Crippen LogP contribution in [0, 0.1) is 24.0 Å². The minimum Gasteiger partial charge on any atom is -0.371 e. The van der Waals surface area contributed by atoms with E-state index >= 15 is 0 Å². The van der Waals surface area contributed by atoms with Crippen LogP contribution in [0.1, 0.15) is 46.0 Å². The van der Waals surface area contributed by atoms with Crippen molar-refractivity contribution in [2.24, 2.45) is 0 Å². The number of nitro groups is 1. The zero-order valence-corrected chi connectivity index (χ0v) is 20.4. The number of pyridine rings is 1. The van der Waals surface area contributed by atoms with E-state index in [1.165, 1.54) is 6.07 Å². The fourth-order valence-electron chi connectivity index (χ4n) is 4.00. The van der Waals surface area contributed by atoms with Gasteiger partial charge in [0, 0.05) is 30.1 Å². The van der Waals surface area contributed by atoms with Gasteiger partial charge in [-0.15, -0.1) is 0 Å². The van der Waals surface area contributed by atoms with Gasteiger partial charge in [-0.05, 0) is 75.2 Å². The molecule has 1 unspecified atom stereocenters. The molecular formula is C27H28N6O3. The summed E-state index contributed by atoms with van der Waals surface area (Å²) >= 11 is 0. The van der Waals surface area contributed by atoms with Gasteiger partial charge in [0.15, 0.2) is 0 Å². The van der Waals surface area contributed by atoms with Gasteiger partial charge in [-0.2, -0.15) is 5.10 Å². The van der Waals surface area contributed by atoms with Crippen molar-refractivity contribution in [2.45, 2.75) is 33.2 Å². The van der Waals surface area contributed by atoms with Gasteiger partial charge in [-0.3, -0.25) is 19.9 Å². The first kappa shape index (κ1) is 24.6. The van der Waals surface area contributed by atoms with E-state index in [0.717, 1.165) is 28.3 Å². The molecule has 36 heavy (non-hydrogen) atoms. The van der Waals surface area contributed by atoms with Crippen molar-refractivity contribution in [3.63, 3.8) is 0 Å². The minimum atomic E-state index is -0.491. The van der Waals surface area contributed by atoms with Crippen LogP contribution in [-0.4, -0.2) is 32.1 Å². The summed E-state index contributed by atoms with van der Waals surface area (Å²) in [6, 6.07) is 19.7. The molecule has 2 aromatic carbocycles. The maximum Gasteiger partial charge on any atom is 0.293 e. The Morgan fingerprint density at radius 1 is 1.08 bits per heavy atom. The van der Waals surface area contributed by atoms with Crippen LogP contribution in [0.15, 0.2) is 72.9 Å². The smallest absolute Gasteiger partial charge is 0.293 e. The Kier molecular flexibility index (Phi) is 7.39. The number of aryl methyl sites for hydroxylation is 2. The molecule has 0 aliphatic heterocycles. The van der Waals surface area contributed by atoms with Gasteiger partial charge in [0.25, 0.3) is 11.6 Å². The van der Waals surface area contributed by atoms with E-state index < -0.39 is 4.92 Å². The molecule has 0 saturated heterocycles. The van der Waals surface area contributed by atoms with Crippen LogP contribution in [0.25, 0.3) is 5.69 Å². The molecule has 9 heteroatoms. The van der Waals surface area contributed by atoms with Gasteiger partial charge in [-0.1, -0.05) is 18.2 Å². The van der Waals surface area contributed by atoms with Crippen LogP contribution in [0.3, 0.4) is 0 Å². The largest absolute Gasteiger partial charge is 0.371 e. The summed E-state index contributed by atoms with van der Waals surface area (Å²) in [6.07, 6.45) is 2.30. The van der Waals surface area contributed by atoms with Crippen LogP contribution in [0.2, 0.25) is 0 Å². The third-order valence-electron chi connectivity index (χ3n) is 5.85. The molecule has 1 atom stereocenters. The fourth-order valence-corrected chi connectivity index (χ4v) is 4.00. The highest BCUT2D eigenvalue weighted by atomic mass is 16.6. The van der Waals surface area contributed by atoms with Gasteiger partial charge < -0.3 is 10.6 Å². The number of nitrogens with one attached hydrogen (secondary N) is 2. The lowest BCUT2D eigenvalue weighted by molar-refractivity contribution is -0.384. The van der Waals surface area contributed by atoms with Gasteiger partial charge >= 0.3 is 0 Å². The van der Waals surface area contributed by atoms with Gasteiger partial charge in [0.05, 0.1) is 28.0 Å². The summed E-state index contributed by atoms with van der Waals surface area (Å²) in [5.74, 6) is -0.360. The Bertz CT molecular complexity index is 1370. The first-order valence-corrected chi connectivity index (χ1v) is 11.7. The predicted molar refractivity (Wildman–Crippen MR) is 138 cm³/mol. The summed E-state index contributed by atoms with van der Waals surface area (Å²) in [6.45, 7) is 6.25. The van der Waals surface area contributed by atoms with Gasteiger partial charge in [0.1, 0.15) is 5.69 Å². The third kappa shape index (κ3) is 5.75. The Labute approximate surface area is 209 Å². The second-order valence-corrected chi connectivity index (χ2v) is 8.62. The first-order chi connectivity index (χ1) is 17.3. The highest BCUT2D eigenvalue weighted by Crippen LogP contribution is 2.29. The summed E-state index contributed by atoms with van der Waals surface area (Å²) in [5.41, 5.74) is 5.23. The van der Waals surface area contributed by atoms with Crippen LogP contribution >= 0.6 is 0 Å². The molecule has 0 bridgehead atoms. The number of carbonyl (C=O) groups is 1. The lowest BCUT2D eigenvalue weighted by atomic mass is 10.1. The molecule has 0 fully saturated rings. The number of amides is 1. The molecule has 0 aliphatic rings. The van der Waals surface area contributed by atoms with Crippen molar-refractivity contribution >= 4 is 17.3 Å². The summed E-state index contributed by atoms with van der Waals surface area (Å²) in [5, 5.41) is 22.1. The van der Waals surface area contributed by atoms with Crippen LogP contribution < -0.4 is 10.6 Å². The molecule has 0 aliphatic carbocycles. The number of carbonyl (C=O) groups excluding carboxylic acids is 1. The number of nitro benzene ring substituents is 1. The fraction of sp³-hybridized carbons (Fsp3) is 0.222. The second-order valence-electron chi connectivity index (χ2n) is 8.62.